The molecule has 16 heavy (non-hydrogen) atoms. The molecule has 2 N–H and O–H groups in total. The maximum atomic E-state index is 13.1. The lowest BCUT2D eigenvalue weighted by atomic mass is 10.3. The second kappa shape index (κ2) is 4.67. The Morgan fingerprint density at radius 3 is 2.94 bits per heavy atom. The second-order valence-electron chi connectivity index (χ2n) is 3.03. The molecule has 0 saturated heterocycles. The van der Waals surface area contributed by atoms with Crippen LogP contribution in [0.2, 0.25) is 5.02 Å². The highest BCUT2D eigenvalue weighted by Gasteiger charge is 2.03. The minimum atomic E-state index is -0.497. The quantitative estimate of drug-likeness (QED) is 0.920. The van der Waals surface area contributed by atoms with Gasteiger partial charge in [-0.2, -0.15) is 0 Å². The zero-order chi connectivity index (χ0) is 11.5. The van der Waals surface area contributed by atoms with Gasteiger partial charge in [0.05, 0.1) is 9.90 Å². The SMILES string of the molecule is Nc1ncc(COc2ccc(Cl)c(F)c2)s1. The normalized spacial score (nSPS) is 10.4. The zero-order valence-corrected chi connectivity index (χ0v) is 9.69. The minimum Gasteiger partial charge on any atom is -0.488 e. The molecule has 2 rings (SSSR count). The smallest absolute Gasteiger partial charge is 0.180 e. The molecular formula is C10H8ClFN2OS. The topological polar surface area (TPSA) is 48.1 Å². The van der Waals surface area contributed by atoms with Gasteiger partial charge in [0.25, 0.3) is 0 Å². The summed E-state index contributed by atoms with van der Waals surface area (Å²) < 4.78 is 18.4. The van der Waals surface area contributed by atoms with Crippen molar-refractivity contribution in [3.63, 3.8) is 0 Å². The van der Waals surface area contributed by atoms with E-state index >= 15 is 0 Å². The number of nitrogen functional groups attached to an aromatic ring is 1. The monoisotopic (exact) mass is 258 g/mol. The first-order chi connectivity index (χ1) is 7.65. The lowest BCUT2D eigenvalue weighted by molar-refractivity contribution is 0.308. The number of nitrogens with two attached hydrogens (primary N) is 1. The molecule has 0 spiro atoms. The predicted molar refractivity (Wildman–Crippen MR) is 62.3 cm³/mol. The van der Waals surface area contributed by atoms with Gasteiger partial charge in [-0.1, -0.05) is 22.9 Å². The molecule has 0 aliphatic heterocycles. The maximum absolute atomic E-state index is 13.1. The average molecular weight is 259 g/mol. The van der Waals surface area contributed by atoms with E-state index in [0.717, 1.165) is 4.88 Å². The van der Waals surface area contributed by atoms with Crippen molar-refractivity contribution in [1.29, 1.82) is 0 Å². The zero-order valence-electron chi connectivity index (χ0n) is 8.11. The van der Waals surface area contributed by atoms with Crippen LogP contribution in [-0.2, 0) is 6.61 Å². The first-order valence-corrected chi connectivity index (χ1v) is 5.62. The van der Waals surface area contributed by atoms with Crippen molar-refractivity contribution in [3.05, 3.63) is 40.1 Å². The molecule has 0 amide bonds. The average Bonchev–Trinajstić information content (AvgIpc) is 2.66. The first-order valence-electron chi connectivity index (χ1n) is 4.43. The number of aromatic nitrogens is 1. The molecule has 0 bridgehead atoms. The lowest BCUT2D eigenvalue weighted by Crippen LogP contribution is -1.93. The van der Waals surface area contributed by atoms with Crippen LogP contribution < -0.4 is 10.5 Å². The van der Waals surface area contributed by atoms with Crippen molar-refractivity contribution in [3.8, 4) is 5.75 Å². The number of ether oxygens (including phenoxy) is 1. The fourth-order valence-electron chi connectivity index (χ4n) is 1.11. The number of hydrogen-bond donors (Lipinski definition) is 1. The van der Waals surface area contributed by atoms with Crippen LogP contribution in [0.4, 0.5) is 9.52 Å². The fraction of sp³-hybridized carbons (Fsp3) is 0.100. The van der Waals surface area contributed by atoms with Crippen LogP contribution in [0.25, 0.3) is 0 Å². The molecular weight excluding hydrogens is 251 g/mol. The molecule has 0 aliphatic carbocycles. The van der Waals surface area contributed by atoms with E-state index in [9.17, 15) is 4.39 Å². The highest BCUT2D eigenvalue weighted by atomic mass is 35.5. The number of benzene rings is 1. The van der Waals surface area contributed by atoms with Crippen LogP contribution in [0, 0.1) is 5.82 Å². The predicted octanol–water partition coefficient (Wildman–Crippen LogP) is 3.10. The van der Waals surface area contributed by atoms with Crippen LogP contribution in [0.1, 0.15) is 4.88 Å². The van der Waals surface area contributed by atoms with Crippen LogP contribution in [-0.4, -0.2) is 4.98 Å². The standard InChI is InChI=1S/C10H8ClFN2OS/c11-8-2-1-6(3-9(8)12)15-5-7-4-14-10(13)16-7/h1-4H,5H2,(H2,13,14). The third-order valence-electron chi connectivity index (χ3n) is 1.84. The fourth-order valence-corrected chi connectivity index (χ4v) is 1.83. The maximum Gasteiger partial charge on any atom is 0.180 e. The Labute approximate surface area is 101 Å². The molecule has 1 aromatic heterocycles. The highest BCUT2D eigenvalue weighted by molar-refractivity contribution is 7.15. The van der Waals surface area contributed by atoms with Gasteiger partial charge in [0, 0.05) is 12.3 Å². The summed E-state index contributed by atoms with van der Waals surface area (Å²) in [5.74, 6) is -0.0724. The van der Waals surface area contributed by atoms with Gasteiger partial charge >= 0.3 is 0 Å². The molecule has 0 aliphatic rings. The molecule has 1 aromatic carbocycles. The summed E-state index contributed by atoms with van der Waals surface area (Å²) in [4.78, 5) is 4.76. The number of rotatable bonds is 3. The first kappa shape index (κ1) is 11.2. The van der Waals surface area contributed by atoms with Gasteiger partial charge in [-0.25, -0.2) is 9.37 Å². The Kier molecular flexibility index (Phi) is 3.26. The Morgan fingerprint density at radius 2 is 2.31 bits per heavy atom. The number of nitrogens with zero attached hydrogens (tertiary/aromatic N) is 1. The molecule has 0 atom stereocenters. The number of thiazole rings is 1. The van der Waals surface area contributed by atoms with Crippen molar-refractivity contribution in [2.24, 2.45) is 0 Å². The minimum absolute atomic E-state index is 0.0781. The summed E-state index contributed by atoms with van der Waals surface area (Å²) in [7, 11) is 0. The van der Waals surface area contributed by atoms with Gasteiger partial charge < -0.3 is 10.5 Å². The van der Waals surface area contributed by atoms with E-state index < -0.39 is 5.82 Å². The van der Waals surface area contributed by atoms with Gasteiger partial charge in [0.15, 0.2) is 5.13 Å². The van der Waals surface area contributed by atoms with Crippen LogP contribution in [0.5, 0.6) is 5.75 Å². The Balaban J connectivity index is 2.02. The van der Waals surface area contributed by atoms with Gasteiger partial charge in [-0.15, -0.1) is 0 Å². The Morgan fingerprint density at radius 1 is 1.50 bits per heavy atom. The van der Waals surface area contributed by atoms with Gasteiger partial charge in [-0.05, 0) is 12.1 Å². The lowest BCUT2D eigenvalue weighted by Gasteiger charge is -2.04. The van der Waals surface area contributed by atoms with Gasteiger partial charge in [0.1, 0.15) is 18.2 Å². The van der Waals surface area contributed by atoms with E-state index in [1.165, 1.54) is 23.5 Å². The summed E-state index contributed by atoms with van der Waals surface area (Å²) in [6, 6.07) is 4.30. The van der Waals surface area contributed by atoms with Crippen molar-refractivity contribution in [2.45, 2.75) is 6.61 Å². The molecule has 0 radical (unpaired) electrons. The van der Waals surface area contributed by atoms with Crippen LogP contribution in [0.15, 0.2) is 24.4 Å². The van der Waals surface area contributed by atoms with Gasteiger partial charge in [0.2, 0.25) is 0 Å². The van der Waals surface area contributed by atoms with Crippen molar-refractivity contribution in [2.75, 3.05) is 5.73 Å². The molecule has 3 nitrogen and oxygen atoms in total. The molecule has 84 valence electrons. The molecule has 2 aromatic rings. The third kappa shape index (κ3) is 2.62. The van der Waals surface area contributed by atoms with Crippen molar-refractivity contribution >= 4 is 28.1 Å². The molecule has 1 heterocycles. The van der Waals surface area contributed by atoms with E-state index in [-0.39, 0.29) is 5.02 Å². The number of halogens is 2. The Bertz CT molecular complexity index is 503. The van der Waals surface area contributed by atoms with E-state index in [1.807, 2.05) is 0 Å². The number of hydrogen-bond acceptors (Lipinski definition) is 4. The van der Waals surface area contributed by atoms with Crippen LogP contribution in [0.3, 0.4) is 0 Å². The van der Waals surface area contributed by atoms with Gasteiger partial charge in [-0.3, -0.25) is 0 Å². The largest absolute Gasteiger partial charge is 0.488 e. The van der Waals surface area contributed by atoms with E-state index in [2.05, 4.69) is 4.98 Å². The summed E-state index contributed by atoms with van der Waals surface area (Å²) in [6.45, 7) is 0.315. The molecule has 0 unspecified atom stereocenters. The molecule has 6 heteroatoms. The van der Waals surface area contributed by atoms with E-state index in [1.54, 1.807) is 12.3 Å². The van der Waals surface area contributed by atoms with E-state index in [0.29, 0.717) is 17.5 Å². The summed E-state index contributed by atoms with van der Waals surface area (Å²) in [5.41, 5.74) is 5.47. The molecule has 0 fully saturated rings. The Hall–Kier alpha value is -1.33. The second-order valence-corrected chi connectivity index (χ2v) is 4.58. The van der Waals surface area contributed by atoms with E-state index in [4.69, 9.17) is 22.1 Å². The third-order valence-corrected chi connectivity index (χ3v) is 2.95. The highest BCUT2D eigenvalue weighted by Crippen LogP contribution is 2.22. The van der Waals surface area contributed by atoms with Crippen molar-refractivity contribution < 1.29 is 9.13 Å². The van der Waals surface area contributed by atoms with Crippen LogP contribution >= 0.6 is 22.9 Å². The summed E-state index contributed by atoms with van der Waals surface area (Å²) in [5, 5.41) is 0.565. The number of anilines is 1. The summed E-state index contributed by atoms with van der Waals surface area (Å²) >= 11 is 6.88. The summed E-state index contributed by atoms with van der Waals surface area (Å²) in [6.07, 6.45) is 1.63. The molecule has 0 saturated carbocycles. The van der Waals surface area contributed by atoms with Crippen molar-refractivity contribution in [1.82, 2.24) is 4.98 Å².